The molecule has 0 aromatic rings. The van der Waals surface area contributed by atoms with Gasteiger partial charge in [-0.15, -0.1) is 0 Å². The number of halogens is 1. The molecule has 13 heavy (non-hydrogen) atoms. The van der Waals surface area contributed by atoms with Crippen LogP contribution in [0.4, 0.5) is 4.79 Å². The van der Waals surface area contributed by atoms with Crippen LogP contribution in [-0.2, 0) is 9.53 Å². The summed E-state index contributed by atoms with van der Waals surface area (Å²) in [7, 11) is 1.35. The number of methoxy groups -OCH3 is 1. The molecule has 0 aromatic carbocycles. The second-order valence-corrected chi connectivity index (χ2v) is 4.20. The van der Waals surface area contributed by atoms with E-state index in [2.05, 4.69) is 4.74 Å². The molecule has 1 saturated heterocycles. The fourth-order valence-corrected chi connectivity index (χ4v) is 2.45. The zero-order chi connectivity index (χ0) is 10.1. The molecule has 0 saturated carbocycles. The second kappa shape index (κ2) is 3.81. The van der Waals surface area contributed by atoms with Crippen molar-refractivity contribution in [2.45, 2.75) is 25.3 Å². The number of hydrogen-bond acceptors (Lipinski definition) is 3. The molecule has 1 heterocycles. The smallest absolute Gasteiger partial charge is 0.331 e. The Morgan fingerprint density at radius 1 is 1.54 bits per heavy atom. The van der Waals surface area contributed by atoms with Gasteiger partial charge in [-0.25, -0.2) is 4.79 Å². The number of amides is 1. The molecular weight excluding hydrogens is 285 g/mol. The van der Waals surface area contributed by atoms with Crippen LogP contribution in [0, 0.1) is 0 Å². The molecule has 0 N–H and O–H groups in total. The van der Waals surface area contributed by atoms with Crippen LogP contribution >= 0.6 is 22.6 Å². The minimum Gasteiger partial charge on any atom is -0.467 e. The fourth-order valence-electron chi connectivity index (χ4n) is 1.68. The average molecular weight is 297 g/mol. The molecule has 1 fully saturated rings. The minimum atomic E-state index is -0.743. The van der Waals surface area contributed by atoms with Crippen molar-refractivity contribution in [1.82, 2.24) is 4.90 Å². The van der Waals surface area contributed by atoms with Gasteiger partial charge in [0, 0.05) is 29.1 Å². The molecule has 1 amide bonds. The van der Waals surface area contributed by atoms with Crippen LogP contribution in [0.15, 0.2) is 0 Å². The highest BCUT2D eigenvalue weighted by atomic mass is 127. The Morgan fingerprint density at radius 2 is 2.15 bits per heavy atom. The molecule has 74 valence electrons. The molecule has 0 bridgehead atoms. The van der Waals surface area contributed by atoms with Gasteiger partial charge in [-0.3, -0.25) is 4.79 Å². The predicted octanol–water partition coefficient (Wildman–Crippen LogP) is 1.57. The summed E-state index contributed by atoms with van der Waals surface area (Å²) in [6, 6.07) is 0. The highest BCUT2D eigenvalue weighted by Gasteiger charge is 2.45. The van der Waals surface area contributed by atoms with Crippen LogP contribution in [0.25, 0.3) is 0 Å². The van der Waals surface area contributed by atoms with Gasteiger partial charge in [0.05, 0.1) is 7.11 Å². The van der Waals surface area contributed by atoms with Crippen molar-refractivity contribution in [2.24, 2.45) is 0 Å². The summed E-state index contributed by atoms with van der Waals surface area (Å²) in [6.07, 6.45) is 1.55. The van der Waals surface area contributed by atoms with Crippen LogP contribution in [0.3, 0.4) is 0 Å². The quantitative estimate of drug-likeness (QED) is 0.319. The predicted molar refractivity (Wildman–Crippen MR) is 55.8 cm³/mol. The van der Waals surface area contributed by atoms with Gasteiger partial charge in [0.1, 0.15) is 5.54 Å². The van der Waals surface area contributed by atoms with Crippen LogP contribution in [-0.4, -0.2) is 34.0 Å². The number of nitrogens with zero attached hydrogens (tertiary/aromatic N) is 1. The van der Waals surface area contributed by atoms with Crippen LogP contribution in [0.5, 0.6) is 0 Å². The Balaban J connectivity index is 2.87. The minimum absolute atomic E-state index is 0.0944. The van der Waals surface area contributed by atoms with E-state index < -0.39 is 5.54 Å². The first-order chi connectivity index (χ1) is 6.02. The van der Waals surface area contributed by atoms with Gasteiger partial charge in [-0.2, -0.15) is 0 Å². The summed E-state index contributed by atoms with van der Waals surface area (Å²) in [5.74, 6) is -0.324. The lowest BCUT2D eigenvalue weighted by Gasteiger charge is -2.30. The molecule has 0 unspecified atom stereocenters. The Morgan fingerprint density at radius 3 is 2.62 bits per heavy atom. The highest BCUT2D eigenvalue weighted by Crippen LogP contribution is 2.31. The molecule has 1 rings (SSSR count). The van der Waals surface area contributed by atoms with Gasteiger partial charge in [-0.1, -0.05) is 0 Å². The Bertz CT molecular complexity index is 244. The van der Waals surface area contributed by atoms with E-state index >= 15 is 0 Å². The van der Waals surface area contributed by atoms with Crippen molar-refractivity contribution in [2.75, 3.05) is 13.7 Å². The van der Waals surface area contributed by atoms with E-state index in [1.54, 1.807) is 34.4 Å². The molecule has 0 spiro atoms. The van der Waals surface area contributed by atoms with E-state index in [1.807, 2.05) is 0 Å². The number of ether oxygens (including phenoxy) is 1. The standard InChI is InChI=1S/C8H12INO3/c1-8(6(11)13-2)4-3-5-10(8)7(9)12/h3-5H2,1-2H3/t8-/m0/s1. The highest BCUT2D eigenvalue weighted by molar-refractivity contribution is 14.1. The van der Waals surface area contributed by atoms with Crippen molar-refractivity contribution in [3.63, 3.8) is 0 Å². The van der Waals surface area contributed by atoms with Crippen LogP contribution < -0.4 is 0 Å². The molecule has 0 aromatic heterocycles. The van der Waals surface area contributed by atoms with Gasteiger partial charge in [0.15, 0.2) is 0 Å². The summed E-state index contributed by atoms with van der Waals surface area (Å²) in [6.45, 7) is 2.40. The van der Waals surface area contributed by atoms with E-state index in [0.29, 0.717) is 13.0 Å². The summed E-state index contributed by atoms with van der Waals surface area (Å²) in [4.78, 5) is 24.2. The van der Waals surface area contributed by atoms with Gasteiger partial charge in [-0.05, 0) is 19.8 Å². The first-order valence-corrected chi connectivity index (χ1v) is 5.16. The maximum Gasteiger partial charge on any atom is 0.331 e. The Labute approximate surface area is 90.7 Å². The molecule has 0 aliphatic carbocycles. The van der Waals surface area contributed by atoms with E-state index in [0.717, 1.165) is 6.42 Å². The van der Waals surface area contributed by atoms with Crippen molar-refractivity contribution in [3.05, 3.63) is 0 Å². The monoisotopic (exact) mass is 297 g/mol. The van der Waals surface area contributed by atoms with Gasteiger partial charge in [0.2, 0.25) is 0 Å². The normalized spacial score (nSPS) is 27.5. The zero-order valence-corrected chi connectivity index (χ0v) is 9.83. The van der Waals surface area contributed by atoms with E-state index in [-0.39, 0.29) is 9.88 Å². The number of carbonyl (C=O) groups is 2. The zero-order valence-electron chi connectivity index (χ0n) is 7.67. The third-order valence-electron chi connectivity index (χ3n) is 2.48. The third kappa shape index (κ3) is 1.79. The second-order valence-electron chi connectivity index (χ2n) is 3.27. The molecule has 5 heteroatoms. The molecule has 4 nitrogen and oxygen atoms in total. The van der Waals surface area contributed by atoms with Crippen LogP contribution in [0.2, 0.25) is 0 Å². The SMILES string of the molecule is COC(=O)[C@]1(C)CCCN1C(=O)I. The largest absolute Gasteiger partial charge is 0.467 e. The third-order valence-corrected chi connectivity index (χ3v) is 3.06. The van der Waals surface area contributed by atoms with Crippen molar-refractivity contribution < 1.29 is 14.3 Å². The van der Waals surface area contributed by atoms with Gasteiger partial charge < -0.3 is 9.64 Å². The molecular formula is C8H12INO3. The van der Waals surface area contributed by atoms with E-state index in [4.69, 9.17) is 0 Å². The number of rotatable bonds is 1. The lowest BCUT2D eigenvalue weighted by molar-refractivity contribution is -0.150. The summed E-state index contributed by atoms with van der Waals surface area (Å²) in [5, 5.41) is 0. The Hall–Kier alpha value is -0.330. The molecule has 0 radical (unpaired) electrons. The Kier molecular flexibility index (Phi) is 3.15. The molecule has 1 aliphatic heterocycles. The topological polar surface area (TPSA) is 46.6 Å². The summed E-state index contributed by atoms with van der Waals surface area (Å²) in [5.41, 5.74) is -0.743. The lowest BCUT2D eigenvalue weighted by atomic mass is 10.00. The maximum atomic E-state index is 11.4. The average Bonchev–Trinajstić information content (AvgIpc) is 2.47. The van der Waals surface area contributed by atoms with E-state index in [9.17, 15) is 9.59 Å². The van der Waals surface area contributed by atoms with Gasteiger partial charge >= 0.3 is 5.97 Å². The maximum absolute atomic E-state index is 11.4. The lowest BCUT2D eigenvalue weighted by Crippen LogP contribution is -2.49. The first-order valence-electron chi connectivity index (χ1n) is 4.08. The van der Waals surface area contributed by atoms with E-state index in [1.165, 1.54) is 7.11 Å². The summed E-state index contributed by atoms with van der Waals surface area (Å²) >= 11 is 1.70. The van der Waals surface area contributed by atoms with Crippen molar-refractivity contribution in [3.8, 4) is 0 Å². The summed E-state index contributed by atoms with van der Waals surface area (Å²) < 4.78 is 4.59. The van der Waals surface area contributed by atoms with Gasteiger partial charge in [0.25, 0.3) is 3.91 Å². The number of carbonyl (C=O) groups excluding carboxylic acids is 2. The van der Waals surface area contributed by atoms with Crippen molar-refractivity contribution >= 4 is 32.5 Å². The first kappa shape index (κ1) is 10.7. The number of hydrogen-bond donors (Lipinski definition) is 0. The van der Waals surface area contributed by atoms with Crippen LogP contribution in [0.1, 0.15) is 19.8 Å². The number of esters is 1. The fraction of sp³-hybridized carbons (Fsp3) is 0.750. The molecule has 1 aliphatic rings. The molecule has 1 atom stereocenters. The van der Waals surface area contributed by atoms with Crippen molar-refractivity contribution in [1.29, 1.82) is 0 Å². The number of likely N-dealkylation sites (tertiary alicyclic amines) is 1.